The highest BCUT2D eigenvalue weighted by atomic mass is 32.2. The average molecular weight is 743 g/mol. The van der Waals surface area contributed by atoms with Crippen LogP contribution in [0, 0.1) is 0 Å². The van der Waals surface area contributed by atoms with Crippen molar-refractivity contribution in [2.24, 2.45) is 32.3 Å². The molecule has 18 nitrogen and oxygen atoms in total. The summed E-state index contributed by atoms with van der Waals surface area (Å²) in [7, 11) is 1.65. The average Bonchev–Trinajstić information content (AvgIpc) is 3.07. The number of aliphatic hydroxyl groups is 1. The molecule has 50 heavy (non-hydrogen) atoms. The van der Waals surface area contributed by atoms with Crippen molar-refractivity contribution in [2.45, 2.75) is 81.9 Å². The molecule has 4 unspecified atom stereocenters. The minimum absolute atomic E-state index is 0.0134. The number of β-lactam (4-membered cyclic amide) rings is 1. The predicted octanol–water partition coefficient (Wildman–Crippen LogP) is 0.0534. The highest BCUT2D eigenvalue weighted by molar-refractivity contribution is 8.02. The number of hydrogen-bond donors (Lipinski definition) is 7. The van der Waals surface area contributed by atoms with Gasteiger partial charge >= 0.3 is 11.4 Å². The van der Waals surface area contributed by atoms with Crippen molar-refractivity contribution in [1.29, 1.82) is 0 Å². The fraction of sp³-hybridized carbons (Fsp3) is 0.533. The second-order valence-corrected chi connectivity index (χ2v) is 13.3. The largest absolute Gasteiger partial charge is 0.486 e. The van der Waals surface area contributed by atoms with E-state index in [0.29, 0.717) is 43.0 Å². The number of oxime groups is 1. The number of nitrogens with zero attached hydrogens (tertiary/aromatic N) is 4. The molecule has 278 valence electrons. The van der Waals surface area contributed by atoms with Gasteiger partial charge in [0.25, 0.3) is 12.4 Å². The van der Waals surface area contributed by atoms with Crippen LogP contribution in [-0.4, -0.2) is 116 Å². The lowest BCUT2D eigenvalue weighted by Gasteiger charge is -2.50. The molecule has 1 aromatic rings. The zero-order valence-corrected chi connectivity index (χ0v) is 29.9. The first-order chi connectivity index (χ1) is 23.6. The molecule has 10 N–H and O–H groups in total. The SMILES string of the molecule is C=NC(=C\SCN)/C(C=O)=N/OC(C)C1CCc2cc(C(N)=NC3CC(O)(CN)C3)ccc2O1.CNC1C(=O)N(OS(=O)O)C1(C)C.O=CO. The van der Waals surface area contributed by atoms with Gasteiger partial charge in [0.2, 0.25) is 0 Å². The van der Waals surface area contributed by atoms with Crippen LogP contribution in [0.5, 0.6) is 5.75 Å². The first kappa shape index (κ1) is 42.4. The highest BCUT2D eigenvalue weighted by Gasteiger charge is 2.55. The second kappa shape index (κ2) is 19.6. The molecule has 0 spiro atoms. The van der Waals surface area contributed by atoms with E-state index in [9.17, 15) is 18.9 Å². The normalized spacial score (nSPS) is 25.4. The number of fused-ring (bicyclic) bond motifs is 1. The molecule has 20 heteroatoms. The number of nitrogens with one attached hydrogen (secondary N) is 1. The van der Waals surface area contributed by atoms with Gasteiger partial charge in [-0.2, -0.15) is 9.27 Å². The van der Waals surface area contributed by atoms with Crippen molar-refractivity contribution in [3.63, 3.8) is 0 Å². The predicted molar refractivity (Wildman–Crippen MR) is 190 cm³/mol. The first-order valence-corrected chi connectivity index (χ1v) is 17.3. The number of carbonyl (C=O) groups is 3. The van der Waals surface area contributed by atoms with Gasteiger partial charge in [-0.15, -0.1) is 16.0 Å². The molecule has 0 radical (unpaired) electrons. The van der Waals surface area contributed by atoms with Crippen LogP contribution in [-0.2, 0) is 41.3 Å². The minimum Gasteiger partial charge on any atom is -0.486 e. The van der Waals surface area contributed by atoms with Crippen molar-refractivity contribution in [3.05, 3.63) is 40.4 Å². The molecule has 0 bridgehead atoms. The minimum atomic E-state index is -2.45. The standard InChI is InChI=1S/C23H32N6O4S.C6H12N2O4S.CH2O2/c1-14(33-29-18(10-30)19(27-2)11-34-13-25)20-5-3-15-7-16(4-6-21(15)32-20)22(26)28-17-8-23(31,9-17)12-24;1-6(2)4(7-3)5(9)8(6)12-13(10)11;2-1-3/h4,6-7,10-11,14,17,20,31H,2-3,5,8-9,12-13,24-25H2,1H3,(H2,26,28);4,7H,1-3H3,(H,10,11);1H,(H,2,3)/b19-11-,29-18+;;. The number of thioether (sulfide) groups is 1. The fourth-order valence-electron chi connectivity index (χ4n) is 5.32. The Morgan fingerprint density at radius 1 is 1.32 bits per heavy atom. The molecule has 1 amide bonds. The lowest BCUT2D eigenvalue weighted by molar-refractivity contribution is -0.215. The molecule has 1 aliphatic carbocycles. The number of likely N-dealkylation sites (N-methyl/N-ethyl adjacent to an activating group) is 1. The van der Waals surface area contributed by atoms with Crippen molar-refractivity contribution in [1.82, 2.24) is 10.4 Å². The number of hydrogen-bond acceptors (Lipinski definition) is 15. The van der Waals surface area contributed by atoms with Crippen molar-refractivity contribution in [2.75, 3.05) is 19.5 Å². The van der Waals surface area contributed by atoms with Gasteiger partial charge in [-0.25, -0.2) is 0 Å². The van der Waals surface area contributed by atoms with Crippen LogP contribution < -0.4 is 27.3 Å². The van der Waals surface area contributed by atoms with E-state index in [1.165, 1.54) is 11.8 Å². The Labute approximate surface area is 297 Å². The first-order valence-electron chi connectivity index (χ1n) is 15.3. The molecule has 4 rings (SSSR count). The summed E-state index contributed by atoms with van der Waals surface area (Å²) in [5, 5.41) is 26.2. The summed E-state index contributed by atoms with van der Waals surface area (Å²) >= 11 is -1.17. The van der Waals surface area contributed by atoms with Gasteiger partial charge in [0.05, 0.1) is 17.2 Å². The fourth-order valence-corrected chi connectivity index (χ4v) is 6.16. The molecule has 2 fully saturated rings. The molecule has 1 aromatic carbocycles. The van der Waals surface area contributed by atoms with E-state index in [-0.39, 0.29) is 42.8 Å². The third-order valence-corrected chi connectivity index (χ3v) is 8.91. The number of rotatable bonds is 14. The number of benzene rings is 1. The van der Waals surface area contributed by atoms with Gasteiger partial charge in [0.1, 0.15) is 29.4 Å². The Kier molecular flexibility index (Phi) is 16.6. The van der Waals surface area contributed by atoms with E-state index in [0.717, 1.165) is 28.4 Å². The monoisotopic (exact) mass is 742 g/mol. The number of aldehydes is 1. The van der Waals surface area contributed by atoms with Crippen LogP contribution in [0.15, 0.2) is 44.4 Å². The Morgan fingerprint density at radius 3 is 2.50 bits per heavy atom. The van der Waals surface area contributed by atoms with Gasteiger partial charge < -0.3 is 42.3 Å². The number of amidine groups is 1. The number of hydroxylamine groups is 2. The zero-order chi connectivity index (χ0) is 37.6. The number of amides is 1. The van der Waals surface area contributed by atoms with Crippen LogP contribution >= 0.6 is 11.8 Å². The van der Waals surface area contributed by atoms with Gasteiger partial charge in [-0.1, -0.05) is 5.16 Å². The van der Waals surface area contributed by atoms with E-state index in [1.807, 2.05) is 25.1 Å². The maximum Gasteiger partial charge on any atom is 0.325 e. The molecule has 4 atom stereocenters. The maximum absolute atomic E-state index is 11.4. The van der Waals surface area contributed by atoms with Gasteiger partial charge in [-0.05, 0) is 84.0 Å². The number of nitrogens with two attached hydrogens (primary N) is 3. The van der Waals surface area contributed by atoms with E-state index in [2.05, 4.69) is 31.5 Å². The molecular formula is C30H46N8O10S2. The van der Waals surface area contributed by atoms with Crippen LogP contribution in [0.3, 0.4) is 0 Å². The number of carboxylic acid groups (broad SMARTS) is 1. The number of aryl methyl sites for hydroxylation is 1. The summed E-state index contributed by atoms with van der Waals surface area (Å²) < 4.78 is 29.3. The summed E-state index contributed by atoms with van der Waals surface area (Å²) in [5.74, 6) is 1.19. The molecule has 3 aliphatic rings. The Morgan fingerprint density at radius 2 is 1.98 bits per heavy atom. The van der Waals surface area contributed by atoms with Crippen LogP contribution in [0.4, 0.5) is 0 Å². The smallest absolute Gasteiger partial charge is 0.325 e. The zero-order valence-electron chi connectivity index (χ0n) is 28.3. The van der Waals surface area contributed by atoms with E-state index >= 15 is 0 Å². The number of ether oxygens (including phenoxy) is 1. The Bertz CT molecular complexity index is 1470. The summed E-state index contributed by atoms with van der Waals surface area (Å²) in [5.41, 5.74) is 18.0. The molecule has 1 saturated heterocycles. The summed E-state index contributed by atoms with van der Waals surface area (Å²) in [6, 6.07) is 5.34. The number of carbonyl (C=O) groups excluding carboxylic acids is 2. The summed E-state index contributed by atoms with van der Waals surface area (Å²) in [4.78, 5) is 44.9. The van der Waals surface area contributed by atoms with E-state index in [1.54, 1.807) is 26.3 Å². The number of aliphatic imine (C=N–C) groups is 2. The van der Waals surface area contributed by atoms with E-state index < -0.39 is 28.6 Å². The summed E-state index contributed by atoms with van der Waals surface area (Å²) in [6.07, 6.45) is 2.45. The maximum atomic E-state index is 11.4. The number of allylic oxidation sites excluding steroid dienone is 1. The van der Waals surface area contributed by atoms with Gasteiger partial charge in [0.15, 0.2) is 18.1 Å². The van der Waals surface area contributed by atoms with Crippen LogP contribution in [0.1, 0.15) is 51.2 Å². The molecule has 1 saturated carbocycles. The second-order valence-electron chi connectivity index (χ2n) is 11.8. The molecule has 0 aromatic heterocycles. The van der Waals surface area contributed by atoms with Gasteiger partial charge in [-0.3, -0.25) is 28.9 Å². The Balaban J connectivity index is 0.000000449. The lowest BCUT2D eigenvalue weighted by Crippen LogP contribution is -2.75. The van der Waals surface area contributed by atoms with Crippen LogP contribution in [0.2, 0.25) is 0 Å². The van der Waals surface area contributed by atoms with Crippen molar-refractivity contribution < 1.29 is 47.2 Å². The lowest BCUT2D eigenvalue weighted by atomic mass is 9.76. The molecule has 2 heterocycles. The van der Waals surface area contributed by atoms with Gasteiger partial charge in [0, 0.05) is 23.4 Å². The quantitative estimate of drug-likeness (QED) is 0.0252. The van der Waals surface area contributed by atoms with Crippen molar-refractivity contribution in [3.8, 4) is 5.75 Å². The highest BCUT2D eigenvalue weighted by Crippen LogP contribution is 2.35. The third kappa shape index (κ3) is 11.1. The van der Waals surface area contributed by atoms with Crippen molar-refractivity contribution >= 4 is 60.1 Å². The van der Waals surface area contributed by atoms with Crippen LogP contribution in [0.25, 0.3) is 0 Å². The topological polar surface area (TPSA) is 287 Å². The summed E-state index contributed by atoms with van der Waals surface area (Å²) in [6.45, 7) is 8.75. The Hall–Kier alpha value is -3.76. The third-order valence-electron chi connectivity index (χ3n) is 8.05. The van der Waals surface area contributed by atoms with E-state index in [4.69, 9.17) is 41.2 Å². The molecule has 2 aliphatic heterocycles. The molecular weight excluding hydrogens is 697 g/mol.